The molecule has 2 N–H and O–H groups in total. The molecular weight excluding hydrogens is 384 g/mol. The lowest BCUT2D eigenvalue weighted by molar-refractivity contribution is -0.157. The second-order valence-electron chi connectivity index (χ2n) is 7.79. The highest BCUT2D eigenvalue weighted by Gasteiger charge is 2.27. The SMILES string of the molecule is COc1ccc(/C=C/C(=O)N[C@@H](C)C(=O)OC(C)C(=O)NC2CCCCC2C)cc1. The summed E-state index contributed by atoms with van der Waals surface area (Å²) < 4.78 is 10.3. The number of ether oxygens (including phenoxy) is 2. The average molecular weight is 417 g/mol. The Balaban J connectivity index is 1.78. The van der Waals surface area contributed by atoms with Crippen LogP contribution in [0.4, 0.5) is 0 Å². The second-order valence-corrected chi connectivity index (χ2v) is 7.79. The monoisotopic (exact) mass is 416 g/mol. The van der Waals surface area contributed by atoms with Crippen LogP contribution in [0.3, 0.4) is 0 Å². The number of rotatable bonds is 8. The highest BCUT2D eigenvalue weighted by atomic mass is 16.5. The predicted molar refractivity (Wildman–Crippen MR) is 115 cm³/mol. The average Bonchev–Trinajstić information content (AvgIpc) is 2.74. The topological polar surface area (TPSA) is 93.7 Å². The zero-order valence-corrected chi connectivity index (χ0v) is 18.1. The molecule has 0 radical (unpaired) electrons. The lowest BCUT2D eigenvalue weighted by Crippen LogP contribution is -2.47. The molecule has 1 aliphatic rings. The molecule has 1 saturated carbocycles. The van der Waals surface area contributed by atoms with Gasteiger partial charge in [0.2, 0.25) is 5.91 Å². The highest BCUT2D eigenvalue weighted by Crippen LogP contribution is 2.23. The smallest absolute Gasteiger partial charge is 0.329 e. The van der Waals surface area contributed by atoms with Crippen molar-refractivity contribution < 1.29 is 23.9 Å². The molecule has 1 aliphatic carbocycles. The van der Waals surface area contributed by atoms with Crippen LogP contribution in [0.25, 0.3) is 6.08 Å². The van der Waals surface area contributed by atoms with Gasteiger partial charge in [-0.3, -0.25) is 9.59 Å². The van der Waals surface area contributed by atoms with Crippen LogP contribution in [0.2, 0.25) is 0 Å². The molecule has 0 aliphatic heterocycles. The fourth-order valence-electron chi connectivity index (χ4n) is 3.37. The summed E-state index contributed by atoms with van der Waals surface area (Å²) >= 11 is 0. The quantitative estimate of drug-likeness (QED) is 0.502. The number of nitrogens with one attached hydrogen (secondary N) is 2. The number of hydrogen-bond acceptors (Lipinski definition) is 5. The minimum Gasteiger partial charge on any atom is -0.497 e. The number of carbonyl (C=O) groups is 3. The molecule has 0 aromatic heterocycles. The summed E-state index contributed by atoms with van der Waals surface area (Å²) in [5.41, 5.74) is 0.823. The molecule has 164 valence electrons. The molecule has 30 heavy (non-hydrogen) atoms. The Hall–Kier alpha value is -2.83. The molecule has 2 amide bonds. The zero-order valence-electron chi connectivity index (χ0n) is 18.1. The van der Waals surface area contributed by atoms with Crippen LogP contribution in [0.15, 0.2) is 30.3 Å². The maximum Gasteiger partial charge on any atom is 0.329 e. The van der Waals surface area contributed by atoms with E-state index < -0.39 is 24.0 Å². The van der Waals surface area contributed by atoms with E-state index in [0.717, 1.165) is 30.6 Å². The molecule has 0 bridgehead atoms. The van der Waals surface area contributed by atoms with Crippen molar-refractivity contribution >= 4 is 23.9 Å². The second kappa shape index (κ2) is 11.4. The Morgan fingerprint density at radius 2 is 1.77 bits per heavy atom. The molecule has 1 aromatic carbocycles. The van der Waals surface area contributed by atoms with Crippen LogP contribution < -0.4 is 15.4 Å². The molecule has 0 saturated heterocycles. The summed E-state index contributed by atoms with van der Waals surface area (Å²) in [5, 5.41) is 5.52. The Morgan fingerprint density at radius 3 is 2.40 bits per heavy atom. The summed E-state index contributed by atoms with van der Waals surface area (Å²) in [5.74, 6) is -0.241. The van der Waals surface area contributed by atoms with Crippen LogP contribution in [0.1, 0.15) is 52.0 Å². The van der Waals surface area contributed by atoms with E-state index in [-0.39, 0.29) is 11.9 Å². The molecular formula is C23H32N2O5. The van der Waals surface area contributed by atoms with Crippen molar-refractivity contribution in [3.05, 3.63) is 35.9 Å². The van der Waals surface area contributed by atoms with Gasteiger partial charge in [-0.2, -0.15) is 0 Å². The van der Waals surface area contributed by atoms with Gasteiger partial charge < -0.3 is 20.1 Å². The number of esters is 1. The van der Waals surface area contributed by atoms with Crippen molar-refractivity contribution in [1.29, 1.82) is 0 Å². The molecule has 1 aromatic rings. The van der Waals surface area contributed by atoms with Crippen molar-refractivity contribution in [2.75, 3.05) is 7.11 Å². The van der Waals surface area contributed by atoms with Crippen LogP contribution >= 0.6 is 0 Å². The van der Waals surface area contributed by atoms with Crippen LogP contribution in [-0.4, -0.2) is 43.1 Å². The number of hydrogen-bond donors (Lipinski definition) is 2. The Labute approximate surface area is 178 Å². The fourth-order valence-corrected chi connectivity index (χ4v) is 3.37. The third-order valence-corrected chi connectivity index (χ3v) is 5.36. The normalized spacial score (nSPS) is 20.8. The van der Waals surface area contributed by atoms with Crippen LogP contribution in [-0.2, 0) is 19.1 Å². The van der Waals surface area contributed by atoms with Crippen molar-refractivity contribution in [2.24, 2.45) is 5.92 Å². The van der Waals surface area contributed by atoms with Gasteiger partial charge in [0.05, 0.1) is 7.11 Å². The van der Waals surface area contributed by atoms with Gasteiger partial charge in [0.25, 0.3) is 5.91 Å². The summed E-state index contributed by atoms with van der Waals surface area (Å²) in [6.45, 7) is 5.19. The third kappa shape index (κ3) is 7.21. The van der Waals surface area contributed by atoms with Crippen molar-refractivity contribution in [2.45, 2.75) is 64.6 Å². The van der Waals surface area contributed by atoms with E-state index in [1.165, 1.54) is 19.4 Å². The maximum absolute atomic E-state index is 12.3. The first-order chi connectivity index (χ1) is 14.3. The van der Waals surface area contributed by atoms with Gasteiger partial charge in [-0.1, -0.05) is 31.9 Å². The first-order valence-corrected chi connectivity index (χ1v) is 10.4. The Kier molecular flexibility index (Phi) is 8.89. The summed E-state index contributed by atoms with van der Waals surface area (Å²) in [6, 6.07) is 6.45. The standard InChI is InChI=1S/C23H32N2O5/c1-15-7-5-6-8-20(15)25-22(27)17(3)30-23(28)16(2)24-21(26)14-11-18-9-12-19(29-4)13-10-18/h9-17,20H,5-8H2,1-4H3,(H,24,26)(H,25,27)/b14-11+/t15?,16-,17?,20?/m0/s1. The molecule has 0 heterocycles. The van der Waals surface area contributed by atoms with Gasteiger partial charge in [-0.05, 0) is 56.4 Å². The summed E-state index contributed by atoms with van der Waals surface area (Å²) in [7, 11) is 1.58. The van der Waals surface area contributed by atoms with Gasteiger partial charge in [-0.25, -0.2) is 4.79 Å². The fraction of sp³-hybridized carbons (Fsp3) is 0.522. The van der Waals surface area contributed by atoms with E-state index in [1.807, 2.05) is 12.1 Å². The Morgan fingerprint density at radius 1 is 1.10 bits per heavy atom. The molecule has 1 fully saturated rings. The van der Waals surface area contributed by atoms with Crippen molar-refractivity contribution in [3.63, 3.8) is 0 Å². The molecule has 7 nitrogen and oxygen atoms in total. The summed E-state index contributed by atoms with van der Waals surface area (Å²) in [6.07, 6.45) is 6.37. The lowest BCUT2D eigenvalue weighted by atomic mass is 9.86. The van der Waals surface area contributed by atoms with E-state index in [1.54, 1.807) is 32.2 Å². The van der Waals surface area contributed by atoms with Gasteiger partial charge in [0, 0.05) is 12.1 Å². The van der Waals surface area contributed by atoms with Gasteiger partial charge >= 0.3 is 5.97 Å². The van der Waals surface area contributed by atoms with Crippen LogP contribution in [0, 0.1) is 5.92 Å². The number of amides is 2. The van der Waals surface area contributed by atoms with Crippen molar-refractivity contribution in [3.8, 4) is 5.75 Å². The van der Waals surface area contributed by atoms with Crippen molar-refractivity contribution in [1.82, 2.24) is 10.6 Å². The zero-order chi connectivity index (χ0) is 22.1. The molecule has 4 atom stereocenters. The molecule has 7 heteroatoms. The number of benzene rings is 1. The maximum atomic E-state index is 12.3. The number of methoxy groups -OCH3 is 1. The number of carbonyl (C=O) groups excluding carboxylic acids is 3. The largest absolute Gasteiger partial charge is 0.497 e. The molecule has 0 spiro atoms. The van der Waals surface area contributed by atoms with E-state index in [2.05, 4.69) is 17.6 Å². The minimum atomic E-state index is -0.916. The highest BCUT2D eigenvalue weighted by molar-refractivity contribution is 5.95. The first-order valence-electron chi connectivity index (χ1n) is 10.4. The van der Waals surface area contributed by atoms with E-state index >= 15 is 0 Å². The third-order valence-electron chi connectivity index (χ3n) is 5.36. The van der Waals surface area contributed by atoms with Gasteiger partial charge in [0.1, 0.15) is 11.8 Å². The van der Waals surface area contributed by atoms with E-state index in [4.69, 9.17) is 9.47 Å². The van der Waals surface area contributed by atoms with Crippen LogP contribution in [0.5, 0.6) is 5.75 Å². The molecule has 2 rings (SSSR count). The first kappa shape index (κ1) is 23.4. The van der Waals surface area contributed by atoms with E-state index in [0.29, 0.717) is 5.92 Å². The Bertz CT molecular complexity index is 759. The summed E-state index contributed by atoms with van der Waals surface area (Å²) in [4.78, 5) is 36.6. The van der Waals surface area contributed by atoms with E-state index in [9.17, 15) is 14.4 Å². The minimum absolute atomic E-state index is 0.118. The molecule has 3 unspecified atom stereocenters. The predicted octanol–water partition coefficient (Wildman–Crippen LogP) is 2.84. The van der Waals surface area contributed by atoms with Gasteiger partial charge in [0.15, 0.2) is 6.10 Å². The lowest BCUT2D eigenvalue weighted by Gasteiger charge is -2.30. The van der Waals surface area contributed by atoms with Gasteiger partial charge in [-0.15, -0.1) is 0 Å².